The minimum absolute atomic E-state index is 0.128. The van der Waals surface area contributed by atoms with Gasteiger partial charge in [0.1, 0.15) is 12.4 Å². The van der Waals surface area contributed by atoms with Crippen molar-refractivity contribution >= 4 is 5.91 Å². The highest BCUT2D eigenvalue weighted by molar-refractivity contribution is 5.80. The van der Waals surface area contributed by atoms with Crippen molar-refractivity contribution in [3.63, 3.8) is 0 Å². The van der Waals surface area contributed by atoms with Crippen LogP contribution in [0.5, 0.6) is 5.75 Å². The topological polar surface area (TPSA) is 68.5 Å². The molecule has 0 spiro atoms. The van der Waals surface area contributed by atoms with Gasteiger partial charge < -0.3 is 10.5 Å². The first-order chi connectivity index (χ1) is 11.2. The minimum atomic E-state index is -0.223. The zero-order valence-corrected chi connectivity index (χ0v) is 13.0. The molecule has 1 saturated heterocycles. The predicted octanol–water partition coefficient (Wildman–Crippen LogP) is 2.11. The van der Waals surface area contributed by atoms with Crippen molar-refractivity contribution in [2.24, 2.45) is 5.73 Å². The SMILES string of the molecule is NC(=O)C1CCCN1Cc1ccc(OCc2cccnc2)cc1. The number of aromatic nitrogens is 1. The molecule has 5 heteroatoms. The molecule has 23 heavy (non-hydrogen) atoms. The molecule has 1 atom stereocenters. The molecule has 3 rings (SSSR count). The van der Waals surface area contributed by atoms with E-state index in [-0.39, 0.29) is 11.9 Å². The van der Waals surface area contributed by atoms with Gasteiger partial charge in [-0.25, -0.2) is 0 Å². The Labute approximate surface area is 136 Å². The van der Waals surface area contributed by atoms with Gasteiger partial charge in [0.05, 0.1) is 6.04 Å². The van der Waals surface area contributed by atoms with Crippen LogP contribution in [0, 0.1) is 0 Å². The number of amides is 1. The van der Waals surface area contributed by atoms with E-state index in [9.17, 15) is 4.79 Å². The average molecular weight is 311 g/mol. The van der Waals surface area contributed by atoms with Gasteiger partial charge in [-0.3, -0.25) is 14.7 Å². The highest BCUT2D eigenvalue weighted by atomic mass is 16.5. The van der Waals surface area contributed by atoms with Crippen LogP contribution in [0.4, 0.5) is 0 Å². The molecule has 1 unspecified atom stereocenters. The van der Waals surface area contributed by atoms with Crippen LogP contribution < -0.4 is 10.5 Å². The first-order valence-corrected chi connectivity index (χ1v) is 7.86. The maximum atomic E-state index is 11.4. The van der Waals surface area contributed by atoms with Gasteiger partial charge in [-0.05, 0) is 43.1 Å². The van der Waals surface area contributed by atoms with Gasteiger partial charge >= 0.3 is 0 Å². The van der Waals surface area contributed by atoms with Crippen molar-refractivity contribution in [2.45, 2.75) is 32.0 Å². The van der Waals surface area contributed by atoms with E-state index in [1.54, 1.807) is 12.4 Å². The Balaban J connectivity index is 1.56. The number of likely N-dealkylation sites (tertiary alicyclic amines) is 1. The monoisotopic (exact) mass is 311 g/mol. The Morgan fingerprint density at radius 2 is 2.09 bits per heavy atom. The molecule has 1 fully saturated rings. The second-order valence-corrected chi connectivity index (χ2v) is 5.82. The summed E-state index contributed by atoms with van der Waals surface area (Å²) in [5.74, 6) is 0.601. The molecule has 5 nitrogen and oxygen atoms in total. The first-order valence-electron chi connectivity index (χ1n) is 7.86. The zero-order chi connectivity index (χ0) is 16.1. The van der Waals surface area contributed by atoms with E-state index in [4.69, 9.17) is 10.5 Å². The van der Waals surface area contributed by atoms with Crippen LogP contribution in [0.1, 0.15) is 24.0 Å². The lowest BCUT2D eigenvalue weighted by Gasteiger charge is -2.21. The predicted molar refractivity (Wildman–Crippen MR) is 87.6 cm³/mol. The van der Waals surface area contributed by atoms with Crippen LogP contribution in [0.2, 0.25) is 0 Å². The number of primary amides is 1. The number of rotatable bonds is 6. The summed E-state index contributed by atoms with van der Waals surface area (Å²) < 4.78 is 5.75. The molecule has 2 aromatic rings. The third kappa shape index (κ3) is 4.07. The van der Waals surface area contributed by atoms with Crippen molar-refractivity contribution in [2.75, 3.05) is 6.54 Å². The van der Waals surface area contributed by atoms with Crippen molar-refractivity contribution in [3.8, 4) is 5.75 Å². The fraction of sp³-hybridized carbons (Fsp3) is 0.333. The van der Waals surface area contributed by atoms with Crippen molar-refractivity contribution in [1.82, 2.24) is 9.88 Å². The van der Waals surface area contributed by atoms with Crippen LogP contribution in [0.25, 0.3) is 0 Å². The molecule has 0 aliphatic carbocycles. The number of nitrogens with zero attached hydrogens (tertiary/aromatic N) is 2. The van der Waals surface area contributed by atoms with Gasteiger partial charge in [-0.15, -0.1) is 0 Å². The van der Waals surface area contributed by atoms with E-state index in [2.05, 4.69) is 9.88 Å². The average Bonchev–Trinajstić information content (AvgIpc) is 3.04. The molecular weight excluding hydrogens is 290 g/mol. The molecule has 0 saturated carbocycles. The first kappa shape index (κ1) is 15.5. The Kier molecular flexibility index (Phi) is 4.88. The number of carbonyl (C=O) groups excluding carboxylic acids is 1. The van der Waals surface area contributed by atoms with E-state index in [0.717, 1.165) is 42.8 Å². The molecule has 1 aromatic heterocycles. The summed E-state index contributed by atoms with van der Waals surface area (Å²) in [5.41, 5.74) is 7.65. The zero-order valence-electron chi connectivity index (χ0n) is 13.0. The summed E-state index contributed by atoms with van der Waals surface area (Å²) in [7, 11) is 0. The van der Waals surface area contributed by atoms with E-state index in [1.807, 2.05) is 36.4 Å². The minimum Gasteiger partial charge on any atom is -0.489 e. The summed E-state index contributed by atoms with van der Waals surface area (Å²) >= 11 is 0. The van der Waals surface area contributed by atoms with Gasteiger partial charge in [-0.2, -0.15) is 0 Å². The second-order valence-electron chi connectivity index (χ2n) is 5.82. The number of carbonyl (C=O) groups is 1. The van der Waals surface area contributed by atoms with E-state index < -0.39 is 0 Å². The summed E-state index contributed by atoms with van der Waals surface area (Å²) in [6.07, 6.45) is 5.43. The molecule has 120 valence electrons. The lowest BCUT2D eigenvalue weighted by Crippen LogP contribution is -2.39. The van der Waals surface area contributed by atoms with E-state index in [1.165, 1.54) is 0 Å². The standard InChI is InChI=1S/C18H21N3O2/c19-18(22)17-4-2-10-21(17)12-14-5-7-16(8-6-14)23-13-15-3-1-9-20-11-15/h1,3,5-9,11,17H,2,4,10,12-13H2,(H2,19,22). The number of pyridine rings is 1. The molecule has 2 N–H and O–H groups in total. The lowest BCUT2D eigenvalue weighted by molar-refractivity contribution is -0.122. The number of nitrogens with two attached hydrogens (primary N) is 1. The van der Waals surface area contributed by atoms with E-state index in [0.29, 0.717) is 6.61 Å². The Hall–Kier alpha value is -2.40. The number of hydrogen-bond donors (Lipinski definition) is 1. The fourth-order valence-electron chi connectivity index (χ4n) is 2.91. The Morgan fingerprint density at radius 3 is 2.78 bits per heavy atom. The summed E-state index contributed by atoms with van der Waals surface area (Å²) in [4.78, 5) is 17.6. The summed E-state index contributed by atoms with van der Waals surface area (Å²) in [6, 6.07) is 11.7. The third-order valence-corrected chi connectivity index (χ3v) is 4.13. The molecule has 2 heterocycles. The van der Waals surface area contributed by atoms with Gasteiger partial charge in [0, 0.05) is 24.5 Å². The van der Waals surface area contributed by atoms with Crippen molar-refractivity contribution in [1.29, 1.82) is 0 Å². The molecular formula is C18H21N3O2. The molecule has 1 aliphatic rings. The second kappa shape index (κ2) is 7.24. The summed E-state index contributed by atoms with van der Waals surface area (Å²) in [5, 5.41) is 0. The van der Waals surface area contributed by atoms with Gasteiger partial charge in [0.2, 0.25) is 5.91 Å². The van der Waals surface area contributed by atoms with Gasteiger partial charge in [-0.1, -0.05) is 18.2 Å². The molecule has 0 radical (unpaired) electrons. The van der Waals surface area contributed by atoms with Gasteiger partial charge in [0.25, 0.3) is 0 Å². The lowest BCUT2D eigenvalue weighted by atomic mass is 10.1. The molecule has 1 aromatic carbocycles. The maximum absolute atomic E-state index is 11.4. The highest BCUT2D eigenvalue weighted by Gasteiger charge is 2.28. The highest BCUT2D eigenvalue weighted by Crippen LogP contribution is 2.21. The molecule has 1 aliphatic heterocycles. The Morgan fingerprint density at radius 1 is 1.26 bits per heavy atom. The van der Waals surface area contributed by atoms with Crippen LogP contribution in [-0.2, 0) is 17.9 Å². The smallest absolute Gasteiger partial charge is 0.234 e. The normalized spacial score (nSPS) is 18.0. The van der Waals surface area contributed by atoms with Crippen molar-refractivity contribution in [3.05, 3.63) is 59.9 Å². The number of ether oxygens (including phenoxy) is 1. The van der Waals surface area contributed by atoms with Crippen LogP contribution >= 0.6 is 0 Å². The van der Waals surface area contributed by atoms with Crippen molar-refractivity contribution < 1.29 is 9.53 Å². The van der Waals surface area contributed by atoms with Gasteiger partial charge in [0.15, 0.2) is 0 Å². The third-order valence-electron chi connectivity index (χ3n) is 4.13. The van der Waals surface area contributed by atoms with Crippen LogP contribution in [0.15, 0.2) is 48.8 Å². The van der Waals surface area contributed by atoms with Crippen LogP contribution in [0.3, 0.4) is 0 Å². The number of benzene rings is 1. The summed E-state index contributed by atoms with van der Waals surface area (Å²) in [6.45, 7) is 2.17. The van der Waals surface area contributed by atoms with E-state index >= 15 is 0 Å². The fourth-order valence-corrected chi connectivity index (χ4v) is 2.91. The Bertz CT molecular complexity index is 643. The quantitative estimate of drug-likeness (QED) is 0.887. The molecule has 1 amide bonds. The maximum Gasteiger partial charge on any atom is 0.234 e. The van der Waals surface area contributed by atoms with Crippen LogP contribution in [-0.4, -0.2) is 28.4 Å². The molecule has 0 bridgehead atoms. The largest absolute Gasteiger partial charge is 0.489 e. The number of hydrogen-bond acceptors (Lipinski definition) is 4.